The minimum absolute atomic E-state index is 0.104. The minimum atomic E-state index is -0.652. The molecule has 37 heavy (non-hydrogen) atoms. The van der Waals surface area contributed by atoms with E-state index in [4.69, 9.17) is 4.74 Å². The van der Waals surface area contributed by atoms with E-state index in [0.717, 1.165) is 52.4 Å². The normalized spacial score (nSPS) is 14.2. The van der Waals surface area contributed by atoms with Crippen molar-refractivity contribution in [1.82, 2.24) is 10.2 Å². The second-order valence-corrected chi connectivity index (χ2v) is 10.8. The van der Waals surface area contributed by atoms with Crippen LogP contribution in [0.2, 0.25) is 0 Å². The van der Waals surface area contributed by atoms with Crippen LogP contribution in [0.5, 0.6) is 5.75 Å². The van der Waals surface area contributed by atoms with Gasteiger partial charge < -0.3 is 15.0 Å². The van der Waals surface area contributed by atoms with E-state index in [9.17, 15) is 9.59 Å². The largest absolute Gasteiger partial charge is 0.483 e. The highest BCUT2D eigenvalue weighted by Crippen LogP contribution is 2.22. The Morgan fingerprint density at radius 1 is 0.973 bits per heavy atom. The zero-order valence-electron chi connectivity index (χ0n) is 21.6. The van der Waals surface area contributed by atoms with Gasteiger partial charge in [-0.3, -0.25) is 9.59 Å². The molecule has 0 aliphatic heterocycles. The lowest BCUT2D eigenvalue weighted by Gasteiger charge is -2.32. The fraction of sp³-hybridized carbons (Fsp3) is 0.355. The minimum Gasteiger partial charge on any atom is -0.483 e. The highest BCUT2D eigenvalue weighted by molar-refractivity contribution is 9.10. The first-order valence-electron chi connectivity index (χ1n) is 13.0. The van der Waals surface area contributed by atoms with Crippen LogP contribution in [0.15, 0.2) is 77.3 Å². The Kier molecular flexibility index (Phi) is 9.40. The summed E-state index contributed by atoms with van der Waals surface area (Å²) < 4.78 is 6.97. The first-order valence-corrected chi connectivity index (χ1v) is 13.8. The van der Waals surface area contributed by atoms with Gasteiger partial charge in [0.25, 0.3) is 5.91 Å². The van der Waals surface area contributed by atoms with Gasteiger partial charge in [0.2, 0.25) is 5.91 Å². The Labute approximate surface area is 228 Å². The summed E-state index contributed by atoms with van der Waals surface area (Å²) >= 11 is 3.48. The number of carbonyl (C=O) groups is 2. The Balaban J connectivity index is 1.62. The van der Waals surface area contributed by atoms with Crippen LogP contribution in [0.1, 0.15) is 47.9 Å². The van der Waals surface area contributed by atoms with Gasteiger partial charge in [-0.25, -0.2) is 0 Å². The number of rotatable bonds is 10. The van der Waals surface area contributed by atoms with Crippen LogP contribution in [0, 0.1) is 13.8 Å². The molecule has 1 fully saturated rings. The van der Waals surface area contributed by atoms with E-state index in [-0.39, 0.29) is 24.5 Å². The van der Waals surface area contributed by atoms with Gasteiger partial charge in [-0.2, -0.15) is 0 Å². The van der Waals surface area contributed by atoms with E-state index in [0.29, 0.717) is 18.7 Å². The summed E-state index contributed by atoms with van der Waals surface area (Å²) in [6, 6.07) is 23.2. The van der Waals surface area contributed by atoms with Gasteiger partial charge in [0.05, 0.1) is 0 Å². The van der Waals surface area contributed by atoms with E-state index in [1.54, 1.807) is 4.90 Å². The summed E-state index contributed by atoms with van der Waals surface area (Å²) in [7, 11) is 0. The van der Waals surface area contributed by atoms with Crippen molar-refractivity contribution in [2.45, 2.75) is 64.6 Å². The molecule has 0 saturated heterocycles. The number of hydrogen-bond acceptors (Lipinski definition) is 3. The lowest BCUT2D eigenvalue weighted by Crippen LogP contribution is -2.53. The van der Waals surface area contributed by atoms with Crippen molar-refractivity contribution in [2.75, 3.05) is 6.61 Å². The molecule has 1 atom stereocenters. The highest BCUT2D eigenvalue weighted by atomic mass is 79.9. The number of carbonyl (C=O) groups excluding carboxylic acids is 2. The van der Waals surface area contributed by atoms with Crippen LogP contribution in [-0.2, 0) is 22.6 Å². The van der Waals surface area contributed by atoms with Crippen LogP contribution in [0.3, 0.4) is 0 Å². The first kappa shape index (κ1) is 26.9. The number of nitrogens with zero attached hydrogens (tertiary/aromatic N) is 1. The van der Waals surface area contributed by atoms with Crippen LogP contribution in [-0.4, -0.2) is 35.4 Å². The van der Waals surface area contributed by atoms with Crippen molar-refractivity contribution in [3.05, 3.63) is 99.5 Å². The average molecular weight is 564 g/mol. The van der Waals surface area contributed by atoms with Gasteiger partial charge in [-0.1, -0.05) is 83.4 Å². The van der Waals surface area contributed by atoms with Crippen LogP contribution < -0.4 is 10.1 Å². The number of benzene rings is 3. The van der Waals surface area contributed by atoms with Gasteiger partial charge in [-0.15, -0.1) is 0 Å². The molecule has 0 bridgehead atoms. The molecule has 1 saturated carbocycles. The third kappa shape index (κ3) is 7.68. The Morgan fingerprint density at radius 2 is 1.68 bits per heavy atom. The highest BCUT2D eigenvalue weighted by Gasteiger charge is 2.32. The van der Waals surface area contributed by atoms with E-state index < -0.39 is 6.04 Å². The smallest absolute Gasteiger partial charge is 0.261 e. The predicted octanol–water partition coefficient (Wildman–Crippen LogP) is 6.14. The summed E-state index contributed by atoms with van der Waals surface area (Å²) in [6.07, 6.45) is 4.66. The maximum Gasteiger partial charge on any atom is 0.261 e. The molecule has 5 nitrogen and oxygen atoms in total. The first-order chi connectivity index (χ1) is 17.9. The fourth-order valence-corrected chi connectivity index (χ4v) is 5.06. The van der Waals surface area contributed by atoms with E-state index in [2.05, 4.69) is 21.2 Å². The third-order valence-electron chi connectivity index (χ3n) is 6.93. The summed E-state index contributed by atoms with van der Waals surface area (Å²) in [5, 5.41) is 3.24. The van der Waals surface area contributed by atoms with Crippen LogP contribution >= 0.6 is 15.9 Å². The zero-order valence-corrected chi connectivity index (χ0v) is 23.2. The van der Waals surface area contributed by atoms with Crippen molar-refractivity contribution in [1.29, 1.82) is 0 Å². The van der Waals surface area contributed by atoms with Crippen molar-refractivity contribution < 1.29 is 14.3 Å². The summed E-state index contributed by atoms with van der Waals surface area (Å²) in [5.41, 5.74) is 4.00. The van der Waals surface area contributed by atoms with Gasteiger partial charge in [0, 0.05) is 23.5 Å². The number of halogens is 1. The molecule has 1 aliphatic rings. The van der Waals surface area contributed by atoms with Crippen molar-refractivity contribution >= 4 is 27.7 Å². The predicted molar refractivity (Wildman–Crippen MR) is 150 cm³/mol. The zero-order chi connectivity index (χ0) is 26.2. The number of aryl methyl sites for hydroxylation is 2. The third-order valence-corrected chi connectivity index (χ3v) is 7.46. The summed E-state index contributed by atoms with van der Waals surface area (Å²) in [5.74, 6) is 0.367. The Hall–Kier alpha value is -3.12. The molecule has 6 heteroatoms. The molecule has 3 aromatic rings. The fourth-order valence-electron chi connectivity index (χ4n) is 4.79. The summed E-state index contributed by atoms with van der Waals surface area (Å²) in [6.45, 7) is 4.14. The molecule has 2 amide bonds. The second kappa shape index (κ2) is 12.9. The van der Waals surface area contributed by atoms with Gasteiger partial charge in [-0.05, 0) is 67.1 Å². The molecule has 1 aliphatic carbocycles. The number of ether oxygens (including phenoxy) is 1. The lowest BCUT2D eigenvalue weighted by atomic mass is 10.0. The molecule has 4 rings (SSSR count). The number of hydrogen-bond donors (Lipinski definition) is 1. The van der Waals surface area contributed by atoms with Crippen molar-refractivity contribution in [2.24, 2.45) is 0 Å². The lowest BCUT2D eigenvalue weighted by molar-refractivity contribution is -0.143. The topological polar surface area (TPSA) is 58.6 Å². The maximum absolute atomic E-state index is 13.8. The van der Waals surface area contributed by atoms with Gasteiger partial charge >= 0.3 is 0 Å². The molecular weight excluding hydrogens is 528 g/mol. The second-order valence-electron chi connectivity index (χ2n) is 9.90. The Morgan fingerprint density at radius 3 is 2.38 bits per heavy atom. The molecule has 0 aromatic heterocycles. The monoisotopic (exact) mass is 562 g/mol. The molecule has 3 aromatic carbocycles. The average Bonchev–Trinajstić information content (AvgIpc) is 3.41. The molecule has 0 radical (unpaired) electrons. The van der Waals surface area contributed by atoms with Gasteiger partial charge in [0.15, 0.2) is 6.61 Å². The van der Waals surface area contributed by atoms with E-state index in [1.165, 1.54) is 0 Å². The molecule has 1 unspecified atom stereocenters. The quantitative estimate of drug-likeness (QED) is 0.322. The molecule has 194 valence electrons. The SMILES string of the molecule is Cc1ccc(C)c(OCC(=O)N(Cc2ccc(Br)cc2)C(Cc2ccccc2)C(=O)NC2CCCC2)c1. The maximum atomic E-state index is 13.8. The van der Waals surface area contributed by atoms with Crippen molar-refractivity contribution in [3.63, 3.8) is 0 Å². The molecule has 0 heterocycles. The molecule has 0 spiro atoms. The van der Waals surface area contributed by atoms with Gasteiger partial charge in [0.1, 0.15) is 11.8 Å². The van der Waals surface area contributed by atoms with Crippen molar-refractivity contribution in [3.8, 4) is 5.75 Å². The standard InChI is InChI=1S/C31H35BrN2O3/c1-22-12-13-23(2)29(18-22)37-21-30(35)34(20-25-14-16-26(32)17-15-25)28(19-24-8-4-3-5-9-24)31(36)33-27-10-6-7-11-27/h3-5,8-9,12-18,27-28H,6-7,10-11,19-21H2,1-2H3,(H,33,36). The molecular formula is C31H35BrN2O3. The molecule has 1 N–H and O–H groups in total. The summed E-state index contributed by atoms with van der Waals surface area (Å²) in [4.78, 5) is 29.2. The Bertz CT molecular complexity index is 1190. The van der Waals surface area contributed by atoms with E-state index in [1.807, 2.05) is 86.6 Å². The van der Waals surface area contributed by atoms with E-state index >= 15 is 0 Å². The van der Waals surface area contributed by atoms with Crippen LogP contribution in [0.25, 0.3) is 0 Å². The number of nitrogens with one attached hydrogen (secondary N) is 1. The number of amides is 2. The van der Waals surface area contributed by atoms with Crippen LogP contribution in [0.4, 0.5) is 0 Å².